The molecule has 2 N–H and O–H groups in total. The highest BCUT2D eigenvalue weighted by Gasteiger charge is 2.15. The molecule has 3 nitrogen and oxygen atoms in total. The van der Waals surface area contributed by atoms with Crippen LogP contribution in [0.1, 0.15) is 31.9 Å². The van der Waals surface area contributed by atoms with E-state index in [2.05, 4.69) is 25.8 Å². The van der Waals surface area contributed by atoms with Gasteiger partial charge in [0.15, 0.2) is 0 Å². The van der Waals surface area contributed by atoms with Gasteiger partial charge in [0.25, 0.3) is 0 Å². The van der Waals surface area contributed by atoms with Gasteiger partial charge in [0.2, 0.25) is 0 Å². The van der Waals surface area contributed by atoms with E-state index in [0.29, 0.717) is 6.61 Å². The normalized spacial score (nSPS) is 13.0. The Morgan fingerprint density at radius 2 is 2.00 bits per heavy atom. The molecule has 0 aliphatic rings. The smallest absolute Gasteiger partial charge is 0.137 e. The number of nitrogens with zero attached hydrogens (tertiary/aromatic N) is 1. The fraction of sp³-hybridized carbons (Fsp3) is 0.389. The van der Waals surface area contributed by atoms with Gasteiger partial charge in [-0.3, -0.25) is 4.98 Å². The molecule has 0 saturated carbocycles. The van der Waals surface area contributed by atoms with Gasteiger partial charge in [-0.25, -0.2) is 0 Å². The van der Waals surface area contributed by atoms with Crippen molar-refractivity contribution in [3.8, 4) is 5.75 Å². The number of hydrogen-bond donors (Lipinski definition) is 1. The highest BCUT2D eigenvalue weighted by Crippen LogP contribution is 2.24. The molecule has 1 aromatic heterocycles. The average molecular weight is 319 g/mol. The van der Waals surface area contributed by atoms with Gasteiger partial charge in [-0.1, -0.05) is 44.5 Å². The van der Waals surface area contributed by atoms with Crippen molar-refractivity contribution < 1.29 is 4.74 Å². The van der Waals surface area contributed by atoms with E-state index in [1.165, 1.54) is 0 Å². The molecule has 0 unspecified atom stereocenters. The Morgan fingerprint density at radius 3 is 2.68 bits per heavy atom. The summed E-state index contributed by atoms with van der Waals surface area (Å²) in [6.07, 6.45) is 4.33. The summed E-state index contributed by atoms with van der Waals surface area (Å²) in [5.41, 5.74) is 8.45. The Hall–Kier alpha value is -1.58. The molecule has 0 amide bonds. The first kappa shape index (κ1) is 16.8. The zero-order valence-corrected chi connectivity index (χ0v) is 14.1. The molecular formula is C18H23ClN2O. The number of pyridine rings is 1. The summed E-state index contributed by atoms with van der Waals surface area (Å²) < 4.78 is 5.79. The maximum atomic E-state index is 6.14. The van der Waals surface area contributed by atoms with E-state index < -0.39 is 0 Å². The molecule has 0 radical (unpaired) electrons. The second kappa shape index (κ2) is 7.12. The fourth-order valence-electron chi connectivity index (χ4n) is 2.14. The topological polar surface area (TPSA) is 48.1 Å². The van der Waals surface area contributed by atoms with Crippen LogP contribution in [-0.4, -0.2) is 17.6 Å². The SMILES string of the molecule is CC(C)(C)c1cncc(OC[C@H](N)Cc2cccc(Cl)c2)c1. The summed E-state index contributed by atoms with van der Waals surface area (Å²) in [6.45, 7) is 6.90. The van der Waals surface area contributed by atoms with Gasteiger partial charge < -0.3 is 10.5 Å². The van der Waals surface area contributed by atoms with Gasteiger partial charge in [0.1, 0.15) is 12.4 Å². The minimum Gasteiger partial charge on any atom is -0.490 e. The maximum absolute atomic E-state index is 6.14. The van der Waals surface area contributed by atoms with E-state index in [1.54, 1.807) is 6.20 Å². The third-order valence-corrected chi connectivity index (χ3v) is 3.67. The van der Waals surface area contributed by atoms with Crippen molar-refractivity contribution in [2.75, 3.05) is 6.61 Å². The summed E-state index contributed by atoms with van der Waals surface area (Å²) in [6, 6.07) is 9.69. The summed E-state index contributed by atoms with van der Waals surface area (Å²) in [4.78, 5) is 4.24. The monoisotopic (exact) mass is 318 g/mol. The molecule has 22 heavy (non-hydrogen) atoms. The fourth-order valence-corrected chi connectivity index (χ4v) is 2.35. The van der Waals surface area contributed by atoms with E-state index in [4.69, 9.17) is 22.1 Å². The van der Waals surface area contributed by atoms with Crippen LogP contribution in [0.5, 0.6) is 5.75 Å². The van der Waals surface area contributed by atoms with Crippen molar-refractivity contribution in [3.05, 3.63) is 58.9 Å². The van der Waals surface area contributed by atoms with E-state index >= 15 is 0 Å². The molecule has 0 aliphatic carbocycles. The van der Waals surface area contributed by atoms with Crippen LogP contribution in [0.4, 0.5) is 0 Å². The number of benzene rings is 1. The van der Waals surface area contributed by atoms with E-state index in [1.807, 2.05) is 36.5 Å². The van der Waals surface area contributed by atoms with Crippen molar-refractivity contribution >= 4 is 11.6 Å². The molecule has 118 valence electrons. The quantitative estimate of drug-likeness (QED) is 0.907. The molecule has 0 fully saturated rings. The highest BCUT2D eigenvalue weighted by molar-refractivity contribution is 6.30. The molecule has 1 heterocycles. The Morgan fingerprint density at radius 1 is 1.23 bits per heavy atom. The Kier molecular flexibility index (Phi) is 5.43. The van der Waals surface area contributed by atoms with Gasteiger partial charge in [0, 0.05) is 17.3 Å². The number of halogens is 1. The van der Waals surface area contributed by atoms with Crippen LogP contribution in [0.15, 0.2) is 42.7 Å². The van der Waals surface area contributed by atoms with Gasteiger partial charge in [-0.15, -0.1) is 0 Å². The van der Waals surface area contributed by atoms with Crippen LogP contribution in [0.2, 0.25) is 5.02 Å². The first-order valence-electron chi connectivity index (χ1n) is 7.43. The summed E-state index contributed by atoms with van der Waals surface area (Å²) in [5, 5.41) is 0.729. The van der Waals surface area contributed by atoms with Gasteiger partial charge >= 0.3 is 0 Å². The molecule has 1 aromatic carbocycles. The van der Waals surface area contributed by atoms with Crippen molar-refractivity contribution in [3.63, 3.8) is 0 Å². The lowest BCUT2D eigenvalue weighted by atomic mass is 9.88. The molecule has 0 aliphatic heterocycles. The predicted octanol–water partition coefficient (Wildman–Crippen LogP) is 3.98. The van der Waals surface area contributed by atoms with Crippen LogP contribution in [-0.2, 0) is 11.8 Å². The van der Waals surface area contributed by atoms with Crippen LogP contribution >= 0.6 is 11.6 Å². The van der Waals surface area contributed by atoms with E-state index in [0.717, 1.165) is 28.3 Å². The van der Waals surface area contributed by atoms with E-state index in [-0.39, 0.29) is 11.5 Å². The van der Waals surface area contributed by atoms with Crippen molar-refractivity contribution in [2.24, 2.45) is 5.73 Å². The molecular weight excluding hydrogens is 296 g/mol. The summed E-state index contributed by atoms with van der Waals surface area (Å²) in [5.74, 6) is 0.758. The lowest BCUT2D eigenvalue weighted by Gasteiger charge is -2.19. The van der Waals surface area contributed by atoms with Crippen LogP contribution in [0.3, 0.4) is 0 Å². The van der Waals surface area contributed by atoms with Gasteiger partial charge in [-0.2, -0.15) is 0 Å². The summed E-state index contributed by atoms with van der Waals surface area (Å²) >= 11 is 5.98. The van der Waals surface area contributed by atoms with E-state index in [9.17, 15) is 0 Å². The third kappa shape index (κ3) is 5.00. The molecule has 0 bridgehead atoms. The number of ether oxygens (including phenoxy) is 1. The van der Waals surface area contributed by atoms with Crippen LogP contribution in [0, 0.1) is 0 Å². The van der Waals surface area contributed by atoms with Crippen molar-refractivity contribution in [2.45, 2.75) is 38.6 Å². The summed E-state index contributed by atoms with van der Waals surface area (Å²) in [7, 11) is 0. The number of hydrogen-bond acceptors (Lipinski definition) is 3. The maximum Gasteiger partial charge on any atom is 0.137 e. The zero-order chi connectivity index (χ0) is 16.2. The van der Waals surface area contributed by atoms with Crippen LogP contribution in [0.25, 0.3) is 0 Å². The number of rotatable bonds is 5. The van der Waals surface area contributed by atoms with Crippen molar-refractivity contribution in [1.29, 1.82) is 0 Å². The molecule has 0 saturated heterocycles. The Labute approximate surface area is 137 Å². The van der Waals surface area contributed by atoms with Gasteiger partial charge in [0.05, 0.1) is 6.20 Å². The minimum absolute atomic E-state index is 0.0509. The molecule has 1 atom stereocenters. The Balaban J connectivity index is 1.92. The first-order valence-corrected chi connectivity index (χ1v) is 7.81. The van der Waals surface area contributed by atoms with Crippen molar-refractivity contribution in [1.82, 2.24) is 4.98 Å². The predicted molar refractivity (Wildman–Crippen MR) is 91.6 cm³/mol. The molecule has 4 heteroatoms. The van der Waals surface area contributed by atoms with Gasteiger partial charge in [-0.05, 0) is 41.2 Å². The first-order chi connectivity index (χ1) is 10.3. The minimum atomic E-state index is -0.0863. The second-order valence-electron chi connectivity index (χ2n) is 6.56. The highest BCUT2D eigenvalue weighted by atomic mass is 35.5. The number of aromatic nitrogens is 1. The molecule has 2 rings (SSSR count). The zero-order valence-electron chi connectivity index (χ0n) is 13.3. The standard InChI is InChI=1S/C18H23ClN2O/c1-18(2,3)14-9-17(11-21-10-14)22-12-16(20)8-13-5-4-6-15(19)7-13/h4-7,9-11,16H,8,12,20H2,1-3H3/t16-/m1/s1. The lowest BCUT2D eigenvalue weighted by Crippen LogP contribution is -2.30. The largest absolute Gasteiger partial charge is 0.490 e. The third-order valence-electron chi connectivity index (χ3n) is 3.43. The van der Waals surface area contributed by atoms with Crippen LogP contribution < -0.4 is 10.5 Å². The number of nitrogens with two attached hydrogens (primary N) is 1. The second-order valence-corrected chi connectivity index (χ2v) is 7.00. The molecule has 2 aromatic rings. The Bertz CT molecular complexity index is 622. The average Bonchev–Trinajstić information content (AvgIpc) is 2.45. The molecule has 0 spiro atoms. The lowest BCUT2D eigenvalue weighted by molar-refractivity contribution is 0.286.